The minimum Gasteiger partial charge on any atom is -0.494 e. The number of benzene rings is 1. The molecule has 2 aromatic rings. The van der Waals surface area contributed by atoms with Gasteiger partial charge < -0.3 is 10.5 Å². The first kappa shape index (κ1) is 15.7. The minimum absolute atomic E-state index is 0.138. The summed E-state index contributed by atoms with van der Waals surface area (Å²) in [5.41, 5.74) is 6.29. The fourth-order valence-electron chi connectivity index (χ4n) is 1.75. The van der Waals surface area contributed by atoms with Crippen LogP contribution in [0, 0.1) is 6.92 Å². The van der Waals surface area contributed by atoms with Crippen LogP contribution in [0.4, 0.5) is 5.13 Å². The average Bonchev–Trinajstić information content (AvgIpc) is 2.84. The fraction of sp³-hybridized carbons (Fsp3) is 0.308. The van der Waals surface area contributed by atoms with E-state index in [0.717, 1.165) is 4.88 Å². The Kier molecular flexibility index (Phi) is 4.81. The number of rotatable bonds is 6. The van der Waals surface area contributed by atoms with Crippen molar-refractivity contribution < 1.29 is 13.2 Å². The largest absolute Gasteiger partial charge is 0.494 e. The first-order valence-corrected chi connectivity index (χ1v) is 8.67. The maximum absolute atomic E-state index is 12.3. The molecule has 1 heterocycles. The molecule has 0 amide bonds. The Balaban J connectivity index is 2.31. The van der Waals surface area contributed by atoms with E-state index in [-0.39, 0.29) is 11.4 Å². The number of aromatic nitrogens is 1. The highest BCUT2D eigenvalue weighted by Crippen LogP contribution is 2.25. The summed E-state index contributed by atoms with van der Waals surface area (Å²) >= 11 is 1.28. The summed E-state index contributed by atoms with van der Waals surface area (Å²) in [7, 11) is -3.68. The van der Waals surface area contributed by atoms with Crippen LogP contribution in [-0.4, -0.2) is 20.0 Å². The van der Waals surface area contributed by atoms with E-state index in [4.69, 9.17) is 10.5 Å². The Hall–Kier alpha value is -1.64. The van der Waals surface area contributed by atoms with Crippen LogP contribution < -0.4 is 15.2 Å². The van der Waals surface area contributed by atoms with Gasteiger partial charge in [0.05, 0.1) is 11.5 Å². The van der Waals surface area contributed by atoms with Crippen LogP contribution in [0.15, 0.2) is 29.3 Å². The molecule has 0 spiro atoms. The van der Waals surface area contributed by atoms with Gasteiger partial charge in [-0.2, -0.15) is 0 Å². The predicted octanol–water partition coefficient (Wildman–Crippen LogP) is 2.11. The molecule has 114 valence electrons. The van der Waals surface area contributed by atoms with E-state index in [1.807, 2.05) is 13.8 Å². The SMILES string of the molecule is CCOc1ccc(S(=O)(=O)Nc2ncc(C)s2)cc1CN. The summed E-state index contributed by atoms with van der Waals surface area (Å²) in [5, 5.41) is 0.343. The number of ether oxygens (including phenoxy) is 1. The second kappa shape index (κ2) is 6.42. The molecule has 6 nitrogen and oxygen atoms in total. The molecule has 0 saturated heterocycles. The minimum atomic E-state index is -3.68. The Morgan fingerprint density at radius 2 is 2.19 bits per heavy atom. The van der Waals surface area contributed by atoms with E-state index >= 15 is 0 Å². The number of hydrogen-bond donors (Lipinski definition) is 2. The van der Waals surface area contributed by atoms with E-state index in [0.29, 0.717) is 23.1 Å². The zero-order chi connectivity index (χ0) is 15.5. The van der Waals surface area contributed by atoms with Crippen LogP contribution in [-0.2, 0) is 16.6 Å². The van der Waals surface area contributed by atoms with Gasteiger partial charge in [-0.05, 0) is 32.0 Å². The van der Waals surface area contributed by atoms with Crippen LogP contribution in [0.5, 0.6) is 5.75 Å². The van der Waals surface area contributed by atoms with Crippen LogP contribution in [0.1, 0.15) is 17.4 Å². The molecule has 2 rings (SSSR count). The molecule has 0 atom stereocenters. The van der Waals surface area contributed by atoms with Crippen molar-refractivity contribution >= 4 is 26.5 Å². The molecule has 21 heavy (non-hydrogen) atoms. The van der Waals surface area contributed by atoms with Gasteiger partial charge in [0.15, 0.2) is 5.13 Å². The number of nitrogens with two attached hydrogens (primary N) is 1. The van der Waals surface area contributed by atoms with Crippen molar-refractivity contribution in [1.82, 2.24) is 4.98 Å². The van der Waals surface area contributed by atoms with Gasteiger partial charge in [0.1, 0.15) is 5.75 Å². The third-order valence-corrected chi connectivity index (χ3v) is 5.00. The molecular weight excluding hydrogens is 310 g/mol. The number of nitrogens with one attached hydrogen (secondary N) is 1. The maximum atomic E-state index is 12.3. The van der Waals surface area contributed by atoms with Crippen molar-refractivity contribution in [1.29, 1.82) is 0 Å². The van der Waals surface area contributed by atoms with Gasteiger partial charge in [0, 0.05) is 23.2 Å². The number of thiazole rings is 1. The van der Waals surface area contributed by atoms with E-state index in [2.05, 4.69) is 9.71 Å². The van der Waals surface area contributed by atoms with Crippen molar-refractivity contribution in [2.24, 2.45) is 5.73 Å². The second-order valence-corrected chi connectivity index (χ2v) is 7.21. The molecule has 0 bridgehead atoms. The standard InChI is InChI=1S/C13H17N3O3S2/c1-3-19-12-5-4-11(6-10(12)7-14)21(17,18)16-13-15-8-9(2)20-13/h4-6,8H,3,7,14H2,1-2H3,(H,15,16). The molecule has 0 aliphatic carbocycles. The van der Waals surface area contributed by atoms with E-state index in [1.54, 1.807) is 12.3 Å². The van der Waals surface area contributed by atoms with Crippen LogP contribution in [0.25, 0.3) is 0 Å². The summed E-state index contributed by atoms with van der Waals surface area (Å²) in [6.45, 7) is 4.42. The summed E-state index contributed by atoms with van der Waals surface area (Å²) in [6, 6.07) is 4.63. The number of aryl methyl sites for hydroxylation is 1. The van der Waals surface area contributed by atoms with Gasteiger partial charge in [-0.15, -0.1) is 11.3 Å². The number of anilines is 1. The zero-order valence-electron chi connectivity index (χ0n) is 11.8. The number of nitrogens with zero attached hydrogens (tertiary/aromatic N) is 1. The summed E-state index contributed by atoms with van der Waals surface area (Å²) in [4.78, 5) is 5.07. The molecule has 0 aliphatic rings. The normalized spacial score (nSPS) is 11.4. The van der Waals surface area contributed by atoms with Gasteiger partial charge in [-0.1, -0.05) is 0 Å². The van der Waals surface area contributed by atoms with Crippen molar-refractivity contribution in [3.8, 4) is 5.75 Å². The third-order valence-electron chi connectivity index (χ3n) is 2.70. The van der Waals surface area contributed by atoms with Crippen molar-refractivity contribution in [2.45, 2.75) is 25.3 Å². The number of sulfonamides is 1. The van der Waals surface area contributed by atoms with Gasteiger partial charge in [0.25, 0.3) is 10.0 Å². The first-order valence-electron chi connectivity index (χ1n) is 6.37. The van der Waals surface area contributed by atoms with Crippen molar-refractivity contribution in [3.05, 3.63) is 34.8 Å². The monoisotopic (exact) mass is 327 g/mol. The molecule has 1 aromatic carbocycles. The van der Waals surface area contributed by atoms with Gasteiger partial charge in [-0.25, -0.2) is 13.4 Å². The molecule has 0 radical (unpaired) electrons. The van der Waals surface area contributed by atoms with E-state index < -0.39 is 10.0 Å². The fourth-order valence-corrected chi connectivity index (χ4v) is 3.71. The zero-order valence-corrected chi connectivity index (χ0v) is 13.4. The van der Waals surface area contributed by atoms with Crippen LogP contribution >= 0.6 is 11.3 Å². The van der Waals surface area contributed by atoms with Gasteiger partial charge >= 0.3 is 0 Å². The molecule has 8 heteroatoms. The second-order valence-electron chi connectivity index (χ2n) is 4.29. The Labute approximate surface area is 128 Å². The van der Waals surface area contributed by atoms with Crippen LogP contribution in [0.2, 0.25) is 0 Å². The average molecular weight is 327 g/mol. The molecule has 0 saturated carbocycles. The van der Waals surface area contributed by atoms with Crippen LogP contribution in [0.3, 0.4) is 0 Å². The lowest BCUT2D eigenvalue weighted by Gasteiger charge is -2.11. The Morgan fingerprint density at radius 3 is 2.76 bits per heavy atom. The lowest BCUT2D eigenvalue weighted by molar-refractivity contribution is 0.336. The first-order chi connectivity index (χ1) is 9.96. The number of hydrogen-bond acceptors (Lipinski definition) is 6. The topological polar surface area (TPSA) is 94.3 Å². The lowest BCUT2D eigenvalue weighted by atomic mass is 10.2. The molecule has 3 N–H and O–H groups in total. The van der Waals surface area contributed by atoms with Crippen molar-refractivity contribution in [3.63, 3.8) is 0 Å². The Morgan fingerprint density at radius 1 is 1.43 bits per heavy atom. The summed E-state index contributed by atoms with van der Waals surface area (Å²) in [6.07, 6.45) is 1.62. The van der Waals surface area contributed by atoms with Crippen molar-refractivity contribution in [2.75, 3.05) is 11.3 Å². The Bertz CT molecular complexity index is 726. The summed E-state index contributed by atoms with van der Waals surface area (Å²) in [5.74, 6) is 0.601. The highest BCUT2D eigenvalue weighted by atomic mass is 32.2. The summed E-state index contributed by atoms with van der Waals surface area (Å²) < 4.78 is 32.5. The highest BCUT2D eigenvalue weighted by Gasteiger charge is 2.17. The predicted molar refractivity (Wildman–Crippen MR) is 83.2 cm³/mol. The third kappa shape index (κ3) is 3.72. The van der Waals surface area contributed by atoms with E-state index in [1.165, 1.54) is 23.5 Å². The molecule has 0 unspecified atom stereocenters. The molecular formula is C13H17N3O3S2. The highest BCUT2D eigenvalue weighted by molar-refractivity contribution is 7.93. The quantitative estimate of drug-likeness (QED) is 0.847. The maximum Gasteiger partial charge on any atom is 0.263 e. The van der Waals surface area contributed by atoms with E-state index in [9.17, 15) is 8.42 Å². The van der Waals surface area contributed by atoms with Gasteiger partial charge in [0.2, 0.25) is 0 Å². The molecule has 1 aromatic heterocycles. The smallest absolute Gasteiger partial charge is 0.263 e. The van der Waals surface area contributed by atoms with Gasteiger partial charge in [-0.3, -0.25) is 4.72 Å². The molecule has 0 aliphatic heterocycles. The lowest BCUT2D eigenvalue weighted by Crippen LogP contribution is -2.14. The molecule has 0 fully saturated rings.